The van der Waals surface area contributed by atoms with Crippen molar-refractivity contribution in [3.63, 3.8) is 0 Å². The van der Waals surface area contributed by atoms with Crippen molar-refractivity contribution in [2.75, 3.05) is 26.3 Å². The van der Waals surface area contributed by atoms with Crippen molar-refractivity contribution in [1.29, 1.82) is 0 Å². The van der Waals surface area contributed by atoms with Crippen molar-refractivity contribution >= 4 is 5.96 Å². The summed E-state index contributed by atoms with van der Waals surface area (Å²) in [4.78, 5) is 8.96. The number of guanidine groups is 1. The smallest absolute Gasteiger partial charge is 0.191 e. The first-order valence-electron chi connectivity index (χ1n) is 9.48. The molecule has 144 valence electrons. The monoisotopic (exact) mass is 370 g/mol. The van der Waals surface area contributed by atoms with Crippen molar-refractivity contribution in [3.05, 3.63) is 65.7 Å². The molecule has 2 heterocycles. The number of ether oxygens (including phenoxy) is 1. The molecule has 0 amide bonds. The number of nitrogens with zero attached hydrogens (tertiary/aromatic N) is 2. The molecule has 1 aliphatic rings. The fourth-order valence-corrected chi connectivity index (χ4v) is 3.38. The molecule has 0 atom stereocenters. The van der Waals surface area contributed by atoms with Crippen LogP contribution in [0.2, 0.25) is 0 Å². The van der Waals surface area contributed by atoms with Gasteiger partial charge in [-0.1, -0.05) is 18.2 Å². The van der Waals surface area contributed by atoms with Gasteiger partial charge in [-0.2, -0.15) is 0 Å². The number of aliphatic imine (C=N–C) groups is 1. The van der Waals surface area contributed by atoms with E-state index in [0.717, 1.165) is 43.1 Å². The Balaban J connectivity index is 1.73. The van der Waals surface area contributed by atoms with Crippen molar-refractivity contribution in [2.24, 2.45) is 4.99 Å². The number of nitrogens with one attached hydrogen (secondary N) is 2. The zero-order chi connectivity index (χ0) is 19.0. The van der Waals surface area contributed by atoms with Gasteiger partial charge in [-0.25, -0.2) is 9.38 Å². The Morgan fingerprint density at radius 3 is 2.59 bits per heavy atom. The van der Waals surface area contributed by atoms with Crippen molar-refractivity contribution in [2.45, 2.75) is 31.7 Å². The van der Waals surface area contributed by atoms with E-state index in [2.05, 4.69) is 20.6 Å². The second kappa shape index (κ2) is 9.46. The van der Waals surface area contributed by atoms with Gasteiger partial charge in [-0.3, -0.25) is 4.98 Å². The first-order valence-corrected chi connectivity index (χ1v) is 9.48. The van der Waals surface area contributed by atoms with Crippen LogP contribution >= 0.6 is 0 Å². The van der Waals surface area contributed by atoms with Crippen LogP contribution in [-0.4, -0.2) is 37.2 Å². The predicted octanol–water partition coefficient (Wildman–Crippen LogP) is 3.02. The number of halogens is 1. The molecule has 6 heteroatoms. The highest BCUT2D eigenvalue weighted by Crippen LogP contribution is 2.34. The largest absolute Gasteiger partial charge is 0.381 e. The highest BCUT2D eigenvalue weighted by molar-refractivity contribution is 5.79. The van der Waals surface area contributed by atoms with E-state index in [1.54, 1.807) is 6.20 Å². The molecular formula is C21H27FN4O. The molecule has 1 aromatic carbocycles. The average Bonchev–Trinajstić information content (AvgIpc) is 2.72. The Bertz CT molecular complexity index is 728. The topological polar surface area (TPSA) is 58.5 Å². The fourth-order valence-electron chi connectivity index (χ4n) is 3.38. The number of rotatable bonds is 6. The van der Waals surface area contributed by atoms with E-state index < -0.39 is 0 Å². The Morgan fingerprint density at radius 1 is 1.15 bits per heavy atom. The third-order valence-corrected chi connectivity index (χ3v) is 4.97. The van der Waals surface area contributed by atoms with Crippen molar-refractivity contribution < 1.29 is 9.13 Å². The summed E-state index contributed by atoms with van der Waals surface area (Å²) in [6.45, 7) is 5.48. The molecule has 0 spiro atoms. The first kappa shape index (κ1) is 19.3. The molecule has 5 nitrogen and oxygen atoms in total. The summed E-state index contributed by atoms with van der Waals surface area (Å²) in [7, 11) is 0. The van der Waals surface area contributed by atoms with E-state index in [9.17, 15) is 4.39 Å². The Kier molecular flexibility index (Phi) is 6.76. The third-order valence-electron chi connectivity index (χ3n) is 4.97. The van der Waals surface area contributed by atoms with E-state index >= 15 is 0 Å². The third kappa shape index (κ3) is 5.26. The number of aromatic nitrogens is 1. The summed E-state index contributed by atoms with van der Waals surface area (Å²) in [6, 6.07) is 12.7. The molecule has 1 saturated heterocycles. The van der Waals surface area contributed by atoms with Gasteiger partial charge >= 0.3 is 0 Å². The van der Waals surface area contributed by atoms with Crippen LogP contribution in [0.1, 0.15) is 31.0 Å². The maximum absolute atomic E-state index is 13.4. The lowest BCUT2D eigenvalue weighted by atomic mass is 9.74. The lowest BCUT2D eigenvalue weighted by Gasteiger charge is -2.38. The second-order valence-electron chi connectivity index (χ2n) is 6.77. The quantitative estimate of drug-likeness (QED) is 0.606. The zero-order valence-electron chi connectivity index (χ0n) is 15.7. The van der Waals surface area contributed by atoms with Gasteiger partial charge in [0.1, 0.15) is 5.82 Å². The van der Waals surface area contributed by atoms with Gasteiger partial charge < -0.3 is 15.4 Å². The zero-order valence-corrected chi connectivity index (χ0v) is 15.7. The van der Waals surface area contributed by atoms with Crippen LogP contribution in [0.4, 0.5) is 4.39 Å². The molecule has 27 heavy (non-hydrogen) atoms. The molecule has 0 saturated carbocycles. The van der Waals surface area contributed by atoms with E-state index in [-0.39, 0.29) is 11.2 Å². The second-order valence-corrected chi connectivity index (χ2v) is 6.77. The Morgan fingerprint density at radius 2 is 1.93 bits per heavy atom. The van der Waals surface area contributed by atoms with Crippen LogP contribution in [-0.2, 0) is 16.7 Å². The molecule has 3 rings (SSSR count). The van der Waals surface area contributed by atoms with Crippen LogP contribution in [0, 0.1) is 5.82 Å². The summed E-state index contributed by atoms with van der Waals surface area (Å²) >= 11 is 0. The molecule has 1 fully saturated rings. The fraction of sp³-hybridized carbons (Fsp3) is 0.429. The molecular weight excluding hydrogens is 343 g/mol. The first-order chi connectivity index (χ1) is 13.2. The lowest BCUT2D eigenvalue weighted by Crippen LogP contribution is -2.48. The van der Waals surface area contributed by atoms with Crippen LogP contribution in [0.5, 0.6) is 0 Å². The predicted molar refractivity (Wildman–Crippen MR) is 105 cm³/mol. The van der Waals surface area contributed by atoms with Gasteiger partial charge in [0.2, 0.25) is 0 Å². The SMILES string of the molecule is CCNC(=NCc1ccccn1)NCC1(c2ccc(F)cc2)CCOCC1. The number of hydrogen-bond donors (Lipinski definition) is 2. The van der Waals surface area contributed by atoms with E-state index in [1.807, 2.05) is 37.3 Å². The molecule has 2 N–H and O–H groups in total. The lowest BCUT2D eigenvalue weighted by molar-refractivity contribution is 0.0513. The van der Waals surface area contributed by atoms with Gasteiger partial charge in [0.05, 0.1) is 12.2 Å². The standard InChI is InChI=1S/C21H27FN4O/c1-2-23-20(25-15-19-5-3-4-12-24-19)26-16-21(10-13-27-14-11-21)17-6-8-18(22)9-7-17/h3-9,12H,2,10-11,13-16H2,1H3,(H2,23,25,26). The maximum Gasteiger partial charge on any atom is 0.191 e. The summed E-state index contributed by atoms with van der Waals surface area (Å²) in [6.07, 6.45) is 3.56. The Hall–Kier alpha value is -2.47. The van der Waals surface area contributed by atoms with Crippen LogP contribution in [0.25, 0.3) is 0 Å². The minimum atomic E-state index is -0.209. The highest BCUT2D eigenvalue weighted by atomic mass is 19.1. The van der Waals surface area contributed by atoms with Crippen LogP contribution in [0.15, 0.2) is 53.7 Å². The molecule has 0 radical (unpaired) electrons. The maximum atomic E-state index is 13.4. The van der Waals surface area contributed by atoms with Crippen molar-refractivity contribution in [1.82, 2.24) is 15.6 Å². The normalized spacial score (nSPS) is 16.7. The van der Waals surface area contributed by atoms with Crippen LogP contribution < -0.4 is 10.6 Å². The molecule has 0 unspecified atom stereocenters. The summed E-state index contributed by atoms with van der Waals surface area (Å²) in [5.74, 6) is 0.551. The average molecular weight is 370 g/mol. The van der Waals surface area contributed by atoms with Gasteiger partial charge in [0.25, 0.3) is 0 Å². The number of benzene rings is 1. The van der Waals surface area contributed by atoms with Gasteiger partial charge in [0, 0.05) is 37.9 Å². The van der Waals surface area contributed by atoms with Crippen LogP contribution in [0.3, 0.4) is 0 Å². The van der Waals surface area contributed by atoms with Gasteiger partial charge in [0.15, 0.2) is 5.96 Å². The minimum Gasteiger partial charge on any atom is -0.381 e. The molecule has 0 bridgehead atoms. The van der Waals surface area contributed by atoms with Crippen molar-refractivity contribution in [3.8, 4) is 0 Å². The minimum absolute atomic E-state index is 0.0901. The summed E-state index contributed by atoms with van der Waals surface area (Å²) in [5.41, 5.74) is 1.97. The molecule has 1 aliphatic heterocycles. The summed E-state index contributed by atoms with van der Waals surface area (Å²) in [5, 5.41) is 6.77. The van der Waals surface area contributed by atoms with E-state index in [1.165, 1.54) is 12.1 Å². The number of hydrogen-bond acceptors (Lipinski definition) is 3. The molecule has 1 aromatic heterocycles. The number of pyridine rings is 1. The Labute approximate surface area is 160 Å². The molecule has 0 aliphatic carbocycles. The van der Waals surface area contributed by atoms with Gasteiger partial charge in [-0.15, -0.1) is 0 Å². The highest BCUT2D eigenvalue weighted by Gasteiger charge is 2.34. The van der Waals surface area contributed by atoms with E-state index in [0.29, 0.717) is 19.8 Å². The van der Waals surface area contributed by atoms with E-state index in [4.69, 9.17) is 4.74 Å². The molecule has 2 aromatic rings. The van der Waals surface area contributed by atoms with Gasteiger partial charge in [-0.05, 0) is 49.6 Å². The summed E-state index contributed by atoms with van der Waals surface area (Å²) < 4.78 is 19.0.